The van der Waals surface area contributed by atoms with E-state index in [9.17, 15) is 18.3 Å². The Balaban J connectivity index is 1.59. The summed E-state index contributed by atoms with van der Waals surface area (Å²) in [5.41, 5.74) is 1.56. The number of nitrogens with zero attached hydrogens (tertiary/aromatic N) is 6. The van der Waals surface area contributed by atoms with Gasteiger partial charge in [0.15, 0.2) is 11.3 Å². The molecule has 0 unspecified atom stereocenters. The van der Waals surface area contributed by atoms with Gasteiger partial charge in [0.25, 0.3) is 0 Å². The van der Waals surface area contributed by atoms with Gasteiger partial charge in [-0.05, 0) is 56.2 Å². The standard InChI is InChI=1S/C27H37N7O5S/c1-3-5-6-12-33-25-23(26-31-28-18-34(26)27(33)36)29-24(30-25)21-17-20(7-8-22(21)39-16-4-2)40(37,38)32-13-9-19(10-14-32)11-15-35/h7-8,17-19,35H,3-6,9-16H2,1-2H3,(H,29,30). The van der Waals surface area contributed by atoms with Crippen molar-refractivity contribution in [1.82, 2.24) is 33.4 Å². The molecule has 0 saturated carbocycles. The van der Waals surface area contributed by atoms with E-state index in [2.05, 4.69) is 22.1 Å². The second kappa shape index (κ2) is 12.1. The molecule has 0 bridgehead atoms. The Labute approximate surface area is 233 Å². The van der Waals surface area contributed by atoms with Gasteiger partial charge in [-0.1, -0.05) is 26.7 Å². The van der Waals surface area contributed by atoms with Crippen LogP contribution >= 0.6 is 0 Å². The first kappa shape index (κ1) is 28.2. The van der Waals surface area contributed by atoms with Gasteiger partial charge in [-0.3, -0.25) is 4.57 Å². The van der Waals surface area contributed by atoms with Crippen LogP contribution in [0.15, 0.2) is 34.2 Å². The third-order valence-corrected chi connectivity index (χ3v) is 9.45. The maximum atomic E-state index is 13.7. The maximum Gasteiger partial charge on any atom is 0.336 e. The van der Waals surface area contributed by atoms with Crippen LogP contribution in [0.1, 0.15) is 58.8 Å². The van der Waals surface area contributed by atoms with Crippen molar-refractivity contribution in [2.75, 3.05) is 26.3 Å². The molecule has 4 aromatic rings. The van der Waals surface area contributed by atoms with E-state index >= 15 is 0 Å². The topological polar surface area (TPSA) is 148 Å². The molecule has 1 aliphatic rings. The molecule has 1 saturated heterocycles. The lowest BCUT2D eigenvalue weighted by Crippen LogP contribution is -2.38. The Morgan fingerprint density at radius 3 is 2.65 bits per heavy atom. The third kappa shape index (κ3) is 5.37. The lowest BCUT2D eigenvalue weighted by atomic mass is 9.95. The zero-order chi connectivity index (χ0) is 28.3. The number of hydrogen-bond acceptors (Lipinski definition) is 8. The Morgan fingerprint density at radius 1 is 1.12 bits per heavy atom. The highest BCUT2D eigenvalue weighted by Crippen LogP contribution is 2.34. The number of aryl methyl sites for hydroxylation is 1. The number of sulfonamides is 1. The summed E-state index contributed by atoms with van der Waals surface area (Å²) in [6.45, 7) is 5.98. The molecule has 13 heteroatoms. The third-order valence-electron chi connectivity index (χ3n) is 7.55. The van der Waals surface area contributed by atoms with Crippen LogP contribution < -0.4 is 10.4 Å². The zero-order valence-corrected chi connectivity index (χ0v) is 23.9. The highest BCUT2D eigenvalue weighted by molar-refractivity contribution is 7.89. The number of H-pyrrole nitrogens is 1. The quantitative estimate of drug-likeness (QED) is 0.246. The van der Waals surface area contributed by atoms with Crippen LogP contribution in [0.3, 0.4) is 0 Å². The molecule has 3 aromatic heterocycles. The predicted octanol–water partition coefficient (Wildman–Crippen LogP) is 3.20. The van der Waals surface area contributed by atoms with Crippen molar-refractivity contribution in [2.45, 2.75) is 70.2 Å². The van der Waals surface area contributed by atoms with E-state index in [0.29, 0.717) is 72.5 Å². The number of piperidine rings is 1. The smallest absolute Gasteiger partial charge is 0.336 e. The summed E-state index contributed by atoms with van der Waals surface area (Å²) in [7, 11) is -3.76. The van der Waals surface area contributed by atoms with Crippen molar-refractivity contribution in [3.05, 3.63) is 35.0 Å². The lowest BCUT2D eigenvalue weighted by Gasteiger charge is -2.31. The van der Waals surface area contributed by atoms with Gasteiger partial charge in [0.1, 0.15) is 23.4 Å². The number of aromatic nitrogens is 6. The van der Waals surface area contributed by atoms with E-state index in [-0.39, 0.29) is 17.2 Å². The molecule has 5 rings (SSSR count). The monoisotopic (exact) mass is 571 g/mol. The molecule has 0 amide bonds. The van der Waals surface area contributed by atoms with Crippen molar-refractivity contribution in [3.63, 3.8) is 0 Å². The van der Waals surface area contributed by atoms with E-state index in [0.717, 1.165) is 38.5 Å². The van der Waals surface area contributed by atoms with Gasteiger partial charge >= 0.3 is 5.69 Å². The highest BCUT2D eigenvalue weighted by atomic mass is 32.2. The molecule has 1 aliphatic heterocycles. The Bertz CT molecular complexity index is 1630. The molecule has 0 aliphatic carbocycles. The fraction of sp³-hybridized carbons (Fsp3) is 0.556. The fourth-order valence-corrected chi connectivity index (χ4v) is 6.79. The Morgan fingerprint density at radius 2 is 1.93 bits per heavy atom. The molecule has 1 aromatic carbocycles. The van der Waals surface area contributed by atoms with Gasteiger partial charge in [-0.2, -0.15) is 4.31 Å². The number of unbranched alkanes of at least 4 members (excludes halogenated alkanes) is 2. The molecular formula is C27H37N7O5S. The number of aromatic amines is 1. The first-order valence-corrected chi connectivity index (χ1v) is 15.5. The number of rotatable bonds is 12. The number of ether oxygens (including phenoxy) is 1. The van der Waals surface area contributed by atoms with Crippen LogP contribution in [0, 0.1) is 5.92 Å². The average Bonchev–Trinajstić information content (AvgIpc) is 3.62. The van der Waals surface area contributed by atoms with Gasteiger partial charge in [0, 0.05) is 26.2 Å². The number of hydrogen-bond donors (Lipinski definition) is 2. The van der Waals surface area contributed by atoms with Gasteiger partial charge in [0.05, 0.1) is 17.1 Å². The van der Waals surface area contributed by atoms with Gasteiger partial charge in [0.2, 0.25) is 10.0 Å². The largest absolute Gasteiger partial charge is 0.493 e. The zero-order valence-electron chi connectivity index (χ0n) is 23.0. The second-order valence-corrected chi connectivity index (χ2v) is 12.3. The molecular weight excluding hydrogens is 534 g/mol. The molecule has 4 heterocycles. The van der Waals surface area contributed by atoms with Crippen molar-refractivity contribution in [3.8, 4) is 17.1 Å². The normalized spacial score (nSPS) is 15.4. The molecule has 0 spiro atoms. The second-order valence-electron chi connectivity index (χ2n) is 10.3. The number of aliphatic hydroxyl groups excluding tert-OH is 1. The molecule has 0 radical (unpaired) electrons. The number of benzene rings is 1. The molecule has 2 N–H and O–H groups in total. The first-order valence-electron chi connectivity index (χ1n) is 14.1. The van der Waals surface area contributed by atoms with Gasteiger partial charge in [-0.25, -0.2) is 22.6 Å². The summed E-state index contributed by atoms with van der Waals surface area (Å²) >= 11 is 0. The van der Waals surface area contributed by atoms with Crippen LogP contribution in [0.4, 0.5) is 0 Å². The highest BCUT2D eigenvalue weighted by Gasteiger charge is 2.30. The molecule has 0 atom stereocenters. The predicted molar refractivity (Wildman–Crippen MR) is 151 cm³/mol. The van der Waals surface area contributed by atoms with Crippen LogP contribution in [0.5, 0.6) is 5.75 Å². The minimum atomic E-state index is -3.76. The number of imidazole rings is 1. The maximum absolute atomic E-state index is 13.7. The first-order chi connectivity index (χ1) is 19.4. The minimum Gasteiger partial charge on any atom is -0.493 e. The number of fused-ring (bicyclic) bond motifs is 3. The molecule has 216 valence electrons. The number of nitrogens with one attached hydrogen (secondary N) is 1. The Hall–Kier alpha value is -3.29. The molecule has 40 heavy (non-hydrogen) atoms. The minimum absolute atomic E-state index is 0.116. The fourth-order valence-electron chi connectivity index (χ4n) is 5.29. The van der Waals surface area contributed by atoms with Crippen LogP contribution in [0.2, 0.25) is 0 Å². The Kier molecular flexibility index (Phi) is 8.52. The van der Waals surface area contributed by atoms with Crippen LogP contribution in [-0.4, -0.2) is 73.3 Å². The van der Waals surface area contributed by atoms with Gasteiger partial charge < -0.3 is 14.8 Å². The van der Waals surface area contributed by atoms with E-state index < -0.39 is 10.0 Å². The van der Waals surface area contributed by atoms with Crippen LogP contribution in [0.25, 0.3) is 28.2 Å². The van der Waals surface area contributed by atoms with Crippen molar-refractivity contribution in [1.29, 1.82) is 0 Å². The van der Waals surface area contributed by atoms with E-state index in [4.69, 9.17) is 9.72 Å². The summed E-state index contributed by atoms with van der Waals surface area (Å²) in [5, 5.41) is 17.3. The average molecular weight is 572 g/mol. The summed E-state index contributed by atoms with van der Waals surface area (Å²) < 4.78 is 37.8. The van der Waals surface area contributed by atoms with Crippen molar-refractivity contribution < 1.29 is 18.3 Å². The lowest BCUT2D eigenvalue weighted by molar-refractivity contribution is 0.208. The summed E-state index contributed by atoms with van der Waals surface area (Å²) in [4.78, 5) is 21.5. The SMILES string of the molecule is CCCCCn1c(=O)n2cnnc2c2[nH]c(-c3cc(S(=O)(=O)N4CCC(CCO)CC4)ccc3OCCC)nc21. The summed E-state index contributed by atoms with van der Waals surface area (Å²) in [6.07, 6.45) is 7.09. The van der Waals surface area contributed by atoms with Crippen molar-refractivity contribution in [2.24, 2.45) is 5.92 Å². The van der Waals surface area contributed by atoms with Crippen LogP contribution in [-0.2, 0) is 16.6 Å². The van der Waals surface area contributed by atoms with Crippen molar-refractivity contribution >= 4 is 26.8 Å². The van der Waals surface area contributed by atoms with E-state index in [1.165, 1.54) is 15.0 Å². The van der Waals surface area contributed by atoms with Gasteiger partial charge in [-0.15, -0.1) is 10.2 Å². The molecule has 1 fully saturated rings. The number of aliphatic hydroxyl groups is 1. The van der Waals surface area contributed by atoms with E-state index in [1.807, 2.05) is 6.92 Å². The summed E-state index contributed by atoms with van der Waals surface area (Å²) in [6, 6.07) is 4.84. The van der Waals surface area contributed by atoms with E-state index in [1.54, 1.807) is 22.8 Å². The summed E-state index contributed by atoms with van der Waals surface area (Å²) in [5.74, 6) is 1.22. The molecule has 12 nitrogen and oxygen atoms in total.